The standard InChI is InChI=1S/C24H25N7O2S/c1-30-6-5-14-10-31(11-20(14)30)24(32)29-19-8-16-18(9-21(19)33-2)25-12-26-23(16)28-15-3-4-17-22(7-15)34-13-27-17/h3-4,7-9,12-14,20H,5-6,10-11H2,1-2H3,(H,29,32)(H,25,26,28)/t14-,20+/m1/s1. The van der Waals surface area contributed by atoms with Crippen molar-refractivity contribution in [3.05, 3.63) is 42.2 Å². The fourth-order valence-corrected chi connectivity index (χ4v) is 5.77. The van der Waals surface area contributed by atoms with Crippen molar-refractivity contribution in [3.8, 4) is 5.75 Å². The smallest absolute Gasteiger partial charge is 0.322 e. The number of carbonyl (C=O) groups excluding carboxylic acids is 1. The average molecular weight is 476 g/mol. The summed E-state index contributed by atoms with van der Waals surface area (Å²) in [5.74, 6) is 1.77. The van der Waals surface area contributed by atoms with Crippen LogP contribution in [0.1, 0.15) is 6.42 Å². The second-order valence-corrected chi connectivity index (χ2v) is 9.77. The second kappa shape index (κ2) is 8.37. The van der Waals surface area contributed by atoms with E-state index < -0.39 is 0 Å². The van der Waals surface area contributed by atoms with Crippen molar-refractivity contribution in [1.82, 2.24) is 24.8 Å². The van der Waals surface area contributed by atoms with Crippen LogP contribution in [0.3, 0.4) is 0 Å². The van der Waals surface area contributed by atoms with E-state index in [1.807, 2.05) is 34.7 Å². The molecule has 2 aliphatic heterocycles. The first kappa shape index (κ1) is 21.1. The Morgan fingerprint density at radius 3 is 2.91 bits per heavy atom. The number of likely N-dealkylation sites (N-methyl/N-ethyl adjacent to an activating group) is 1. The summed E-state index contributed by atoms with van der Waals surface area (Å²) >= 11 is 1.59. The second-order valence-electron chi connectivity index (χ2n) is 8.88. The van der Waals surface area contributed by atoms with Gasteiger partial charge in [0.15, 0.2) is 0 Å². The van der Waals surface area contributed by atoms with Crippen LogP contribution in [0.25, 0.3) is 21.1 Å². The van der Waals surface area contributed by atoms with Gasteiger partial charge in [0, 0.05) is 36.3 Å². The fourth-order valence-electron chi connectivity index (χ4n) is 5.05. The molecule has 0 spiro atoms. The first-order chi connectivity index (χ1) is 16.6. The molecule has 0 aliphatic carbocycles. The highest BCUT2D eigenvalue weighted by Crippen LogP contribution is 2.35. The quantitative estimate of drug-likeness (QED) is 0.458. The zero-order chi connectivity index (χ0) is 23.2. The summed E-state index contributed by atoms with van der Waals surface area (Å²) in [6.07, 6.45) is 2.66. The predicted molar refractivity (Wildman–Crippen MR) is 134 cm³/mol. The number of thiazole rings is 1. The first-order valence-electron chi connectivity index (χ1n) is 11.3. The molecule has 34 heavy (non-hydrogen) atoms. The van der Waals surface area contributed by atoms with Gasteiger partial charge < -0.3 is 25.2 Å². The summed E-state index contributed by atoms with van der Waals surface area (Å²) in [7, 11) is 3.73. The van der Waals surface area contributed by atoms with E-state index in [4.69, 9.17) is 4.74 Å². The Labute approximate surface area is 200 Å². The van der Waals surface area contributed by atoms with Crippen LogP contribution in [0.15, 0.2) is 42.2 Å². The molecule has 10 heteroatoms. The molecule has 2 amide bonds. The molecule has 0 bridgehead atoms. The van der Waals surface area contributed by atoms with Gasteiger partial charge in [-0.3, -0.25) is 0 Å². The third-order valence-corrected chi connectivity index (χ3v) is 7.70. The maximum absolute atomic E-state index is 13.1. The molecular weight excluding hydrogens is 450 g/mol. The van der Waals surface area contributed by atoms with Crippen LogP contribution < -0.4 is 15.4 Å². The molecule has 2 N–H and O–H groups in total. The van der Waals surface area contributed by atoms with Gasteiger partial charge in [0.25, 0.3) is 0 Å². The number of nitrogens with zero attached hydrogens (tertiary/aromatic N) is 5. The molecule has 174 valence electrons. The molecule has 2 aliphatic rings. The molecule has 9 nitrogen and oxygen atoms in total. The number of benzene rings is 2. The van der Waals surface area contributed by atoms with Gasteiger partial charge in [-0.2, -0.15) is 0 Å². The number of aromatic nitrogens is 3. The number of amides is 2. The molecular formula is C24H25N7O2S. The number of methoxy groups -OCH3 is 1. The molecule has 0 radical (unpaired) electrons. The third-order valence-electron chi connectivity index (χ3n) is 6.90. The molecule has 4 heterocycles. The Bertz CT molecular complexity index is 1390. The number of carbonyl (C=O) groups is 1. The topological polar surface area (TPSA) is 95.5 Å². The van der Waals surface area contributed by atoms with E-state index in [1.54, 1.807) is 18.4 Å². The van der Waals surface area contributed by atoms with Gasteiger partial charge in [0.1, 0.15) is 17.9 Å². The summed E-state index contributed by atoms with van der Waals surface area (Å²) in [6.45, 7) is 2.64. The van der Waals surface area contributed by atoms with E-state index in [-0.39, 0.29) is 6.03 Å². The molecule has 6 rings (SSSR count). The van der Waals surface area contributed by atoms with Crippen LogP contribution in [0.5, 0.6) is 5.75 Å². The lowest BCUT2D eigenvalue weighted by Crippen LogP contribution is -2.37. The highest BCUT2D eigenvalue weighted by molar-refractivity contribution is 7.16. The molecule has 2 saturated heterocycles. The first-order valence-corrected chi connectivity index (χ1v) is 12.2. The zero-order valence-electron chi connectivity index (χ0n) is 19.0. The van der Waals surface area contributed by atoms with Gasteiger partial charge in [-0.15, -0.1) is 11.3 Å². The van der Waals surface area contributed by atoms with Crippen LogP contribution in [-0.4, -0.2) is 70.6 Å². The summed E-state index contributed by atoms with van der Waals surface area (Å²) in [5.41, 5.74) is 5.03. The van der Waals surface area contributed by atoms with Crippen LogP contribution in [-0.2, 0) is 0 Å². The van der Waals surface area contributed by atoms with Crippen molar-refractivity contribution in [3.63, 3.8) is 0 Å². The van der Waals surface area contributed by atoms with Crippen LogP contribution in [0.4, 0.5) is 22.0 Å². The predicted octanol–water partition coefficient (Wildman–Crippen LogP) is 4.16. The number of fused-ring (bicyclic) bond motifs is 3. The maximum Gasteiger partial charge on any atom is 0.322 e. The number of ether oxygens (including phenoxy) is 1. The van der Waals surface area contributed by atoms with Gasteiger partial charge in [-0.05, 0) is 50.2 Å². The van der Waals surface area contributed by atoms with Gasteiger partial charge in [-0.1, -0.05) is 0 Å². The normalized spacial score (nSPS) is 20.1. The maximum atomic E-state index is 13.1. The van der Waals surface area contributed by atoms with Crippen LogP contribution in [0, 0.1) is 5.92 Å². The Kier molecular flexibility index (Phi) is 5.19. The number of urea groups is 1. The monoisotopic (exact) mass is 475 g/mol. The number of hydrogen-bond acceptors (Lipinski definition) is 8. The average Bonchev–Trinajstić information content (AvgIpc) is 3.56. The lowest BCUT2D eigenvalue weighted by Gasteiger charge is -2.22. The van der Waals surface area contributed by atoms with E-state index in [0.29, 0.717) is 29.2 Å². The fraction of sp³-hybridized carbons (Fsp3) is 0.333. The molecule has 2 fully saturated rings. The molecule has 2 atom stereocenters. The molecule has 4 aromatic rings. The third kappa shape index (κ3) is 3.68. The number of hydrogen-bond donors (Lipinski definition) is 2. The Morgan fingerprint density at radius 2 is 2.06 bits per heavy atom. The molecule has 2 aromatic carbocycles. The van der Waals surface area contributed by atoms with E-state index in [1.165, 1.54) is 6.33 Å². The van der Waals surface area contributed by atoms with Gasteiger partial charge >= 0.3 is 6.03 Å². The number of rotatable bonds is 4. The van der Waals surface area contributed by atoms with E-state index in [9.17, 15) is 4.79 Å². The Balaban J connectivity index is 1.29. The zero-order valence-corrected chi connectivity index (χ0v) is 19.8. The number of nitrogens with one attached hydrogen (secondary N) is 2. The number of anilines is 3. The van der Waals surface area contributed by atoms with Crippen molar-refractivity contribution < 1.29 is 9.53 Å². The van der Waals surface area contributed by atoms with Crippen molar-refractivity contribution in [2.24, 2.45) is 5.92 Å². The van der Waals surface area contributed by atoms with Gasteiger partial charge in [0.05, 0.1) is 34.0 Å². The Hall–Kier alpha value is -3.50. The summed E-state index contributed by atoms with van der Waals surface area (Å²) in [6, 6.07) is 10.1. The van der Waals surface area contributed by atoms with Crippen LogP contribution in [0.2, 0.25) is 0 Å². The lowest BCUT2D eigenvalue weighted by atomic mass is 10.1. The molecule has 0 saturated carbocycles. The van der Waals surface area contributed by atoms with Crippen molar-refractivity contribution in [2.75, 3.05) is 44.4 Å². The van der Waals surface area contributed by atoms with Crippen molar-refractivity contribution >= 4 is 55.7 Å². The lowest BCUT2D eigenvalue weighted by molar-refractivity contribution is 0.213. The van der Waals surface area contributed by atoms with Gasteiger partial charge in [0.2, 0.25) is 0 Å². The highest BCUT2D eigenvalue weighted by atomic mass is 32.1. The summed E-state index contributed by atoms with van der Waals surface area (Å²) < 4.78 is 6.67. The van der Waals surface area contributed by atoms with E-state index >= 15 is 0 Å². The minimum Gasteiger partial charge on any atom is -0.494 e. The number of likely N-dealkylation sites (tertiary alicyclic amines) is 2. The molecule has 2 aromatic heterocycles. The van der Waals surface area contributed by atoms with Crippen molar-refractivity contribution in [1.29, 1.82) is 0 Å². The van der Waals surface area contributed by atoms with E-state index in [0.717, 1.165) is 52.9 Å². The van der Waals surface area contributed by atoms with Gasteiger partial charge in [-0.25, -0.2) is 19.7 Å². The minimum absolute atomic E-state index is 0.109. The largest absolute Gasteiger partial charge is 0.494 e. The highest BCUT2D eigenvalue weighted by Gasteiger charge is 2.41. The van der Waals surface area contributed by atoms with E-state index in [2.05, 4.69) is 43.6 Å². The summed E-state index contributed by atoms with van der Waals surface area (Å²) in [4.78, 5) is 30.6. The molecule has 0 unspecified atom stereocenters. The van der Waals surface area contributed by atoms with Crippen LogP contribution >= 0.6 is 11.3 Å². The summed E-state index contributed by atoms with van der Waals surface area (Å²) in [5, 5.41) is 7.25. The SMILES string of the molecule is COc1cc2ncnc(Nc3ccc4ncsc4c3)c2cc1NC(=O)N1C[C@H]2CCN(C)[C@H]2C1. The minimum atomic E-state index is -0.109. The van der Waals surface area contributed by atoms with Crippen molar-refractivity contribution in [2.45, 2.75) is 12.5 Å². The Morgan fingerprint density at radius 1 is 1.15 bits per heavy atom.